The molecular weight excluding hydrogens is 242 g/mol. The Morgan fingerprint density at radius 1 is 1.16 bits per heavy atom. The van der Waals surface area contributed by atoms with E-state index in [1.54, 1.807) is 0 Å². The van der Waals surface area contributed by atoms with Crippen molar-refractivity contribution in [3.05, 3.63) is 0 Å². The molecule has 3 fully saturated rings. The molecule has 110 valence electrons. The van der Waals surface area contributed by atoms with Crippen LogP contribution in [0.5, 0.6) is 0 Å². The molecule has 2 heterocycles. The molecular formula is C15H27NO3. The SMILES string of the molecule is OC[C@@H]1C[C@@H](O)CN1C[C@H]1CCC2(CCCCC2)O1. The Hall–Kier alpha value is -0.160. The topological polar surface area (TPSA) is 52.9 Å². The lowest BCUT2D eigenvalue weighted by atomic mass is 9.83. The lowest BCUT2D eigenvalue weighted by molar-refractivity contribution is -0.0740. The average Bonchev–Trinajstić information content (AvgIpc) is 2.95. The number of rotatable bonds is 3. The fourth-order valence-electron chi connectivity index (χ4n) is 4.22. The van der Waals surface area contributed by atoms with Crippen molar-refractivity contribution in [3.63, 3.8) is 0 Å². The van der Waals surface area contributed by atoms with Crippen molar-refractivity contribution in [1.29, 1.82) is 0 Å². The van der Waals surface area contributed by atoms with Crippen LogP contribution in [0, 0.1) is 0 Å². The van der Waals surface area contributed by atoms with E-state index in [0.29, 0.717) is 19.1 Å². The summed E-state index contributed by atoms with van der Waals surface area (Å²) in [7, 11) is 0. The van der Waals surface area contributed by atoms with Crippen LogP contribution in [-0.2, 0) is 4.74 Å². The molecule has 2 saturated heterocycles. The third-order valence-corrected chi connectivity index (χ3v) is 5.26. The van der Waals surface area contributed by atoms with Gasteiger partial charge in [-0.15, -0.1) is 0 Å². The minimum atomic E-state index is -0.276. The molecule has 1 saturated carbocycles. The summed E-state index contributed by atoms with van der Waals surface area (Å²) in [5, 5.41) is 19.1. The standard InChI is InChI=1S/C15H27NO3/c17-11-12-8-13(18)9-16(12)10-14-4-7-15(19-14)5-2-1-3-6-15/h12-14,17-18H,1-11H2/t12-,13+,14+/m0/s1. The summed E-state index contributed by atoms with van der Waals surface area (Å²) >= 11 is 0. The molecule has 0 aromatic heterocycles. The van der Waals surface area contributed by atoms with Crippen molar-refractivity contribution in [3.8, 4) is 0 Å². The highest BCUT2D eigenvalue weighted by molar-refractivity contribution is 4.94. The van der Waals surface area contributed by atoms with E-state index in [1.807, 2.05) is 0 Å². The summed E-state index contributed by atoms with van der Waals surface area (Å²) in [6.45, 7) is 1.72. The Kier molecular flexibility index (Phi) is 4.13. The molecule has 3 atom stereocenters. The van der Waals surface area contributed by atoms with Gasteiger partial charge in [0.15, 0.2) is 0 Å². The maximum atomic E-state index is 9.72. The second kappa shape index (κ2) is 5.68. The van der Waals surface area contributed by atoms with Gasteiger partial charge in [-0.3, -0.25) is 4.90 Å². The number of hydrogen-bond acceptors (Lipinski definition) is 4. The molecule has 3 aliphatic rings. The van der Waals surface area contributed by atoms with Gasteiger partial charge in [-0.05, 0) is 32.1 Å². The van der Waals surface area contributed by atoms with E-state index in [0.717, 1.165) is 13.0 Å². The predicted octanol–water partition coefficient (Wildman–Crippen LogP) is 1.30. The van der Waals surface area contributed by atoms with E-state index < -0.39 is 0 Å². The lowest BCUT2D eigenvalue weighted by Gasteiger charge is -2.34. The maximum Gasteiger partial charge on any atom is 0.0710 e. The van der Waals surface area contributed by atoms with E-state index in [9.17, 15) is 10.2 Å². The molecule has 0 amide bonds. The number of aliphatic hydroxyl groups is 2. The molecule has 0 radical (unpaired) electrons. The quantitative estimate of drug-likeness (QED) is 0.811. The first-order valence-corrected chi connectivity index (χ1v) is 7.92. The highest BCUT2D eigenvalue weighted by Gasteiger charge is 2.42. The van der Waals surface area contributed by atoms with Gasteiger partial charge in [0.25, 0.3) is 0 Å². The van der Waals surface area contributed by atoms with Crippen LogP contribution in [0.2, 0.25) is 0 Å². The zero-order valence-corrected chi connectivity index (χ0v) is 11.8. The van der Waals surface area contributed by atoms with Gasteiger partial charge in [-0.2, -0.15) is 0 Å². The largest absolute Gasteiger partial charge is 0.395 e. The maximum absolute atomic E-state index is 9.72. The highest BCUT2D eigenvalue weighted by atomic mass is 16.5. The van der Waals surface area contributed by atoms with Gasteiger partial charge in [-0.25, -0.2) is 0 Å². The molecule has 0 aromatic carbocycles. The zero-order chi connectivity index (χ0) is 13.3. The average molecular weight is 269 g/mol. The molecule has 1 aliphatic carbocycles. The van der Waals surface area contributed by atoms with Gasteiger partial charge < -0.3 is 14.9 Å². The van der Waals surface area contributed by atoms with Crippen LogP contribution >= 0.6 is 0 Å². The monoisotopic (exact) mass is 269 g/mol. The second-order valence-electron chi connectivity index (χ2n) is 6.70. The minimum Gasteiger partial charge on any atom is -0.395 e. The van der Waals surface area contributed by atoms with Gasteiger partial charge in [-0.1, -0.05) is 19.3 Å². The molecule has 1 spiro atoms. The van der Waals surface area contributed by atoms with Crippen molar-refractivity contribution in [2.45, 2.75) is 75.2 Å². The summed E-state index contributed by atoms with van der Waals surface area (Å²) in [5.41, 5.74) is 0.177. The zero-order valence-electron chi connectivity index (χ0n) is 11.8. The number of β-amino-alcohol motifs (C(OH)–C–C–N with tert-alkyl or cyclic N) is 1. The fourth-order valence-corrected chi connectivity index (χ4v) is 4.22. The van der Waals surface area contributed by atoms with E-state index in [1.165, 1.54) is 38.5 Å². The highest BCUT2D eigenvalue weighted by Crippen LogP contribution is 2.42. The minimum absolute atomic E-state index is 0.126. The van der Waals surface area contributed by atoms with Crippen LogP contribution in [0.1, 0.15) is 51.4 Å². The van der Waals surface area contributed by atoms with Crippen LogP contribution in [-0.4, -0.2) is 58.7 Å². The Bertz CT molecular complexity index is 304. The number of hydrogen-bond donors (Lipinski definition) is 2. The second-order valence-corrected chi connectivity index (χ2v) is 6.70. The van der Waals surface area contributed by atoms with Crippen molar-refractivity contribution in [2.24, 2.45) is 0 Å². The third kappa shape index (κ3) is 2.97. The van der Waals surface area contributed by atoms with Crippen molar-refractivity contribution >= 4 is 0 Å². The van der Waals surface area contributed by atoms with Crippen molar-refractivity contribution in [2.75, 3.05) is 19.7 Å². The van der Waals surface area contributed by atoms with Crippen LogP contribution in [0.15, 0.2) is 0 Å². The molecule has 4 nitrogen and oxygen atoms in total. The number of aliphatic hydroxyl groups excluding tert-OH is 2. The van der Waals surface area contributed by atoms with Gasteiger partial charge in [0.05, 0.1) is 24.4 Å². The Morgan fingerprint density at radius 3 is 2.68 bits per heavy atom. The Morgan fingerprint density at radius 2 is 1.95 bits per heavy atom. The van der Waals surface area contributed by atoms with Crippen molar-refractivity contribution < 1.29 is 14.9 Å². The molecule has 0 aromatic rings. The smallest absolute Gasteiger partial charge is 0.0710 e. The van der Waals surface area contributed by atoms with E-state index >= 15 is 0 Å². The van der Waals surface area contributed by atoms with Crippen LogP contribution in [0.4, 0.5) is 0 Å². The van der Waals surface area contributed by atoms with E-state index in [2.05, 4.69) is 4.90 Å². The first kappa shape index (κ1) is 13.8. The number of likely N-dealkylation sites (tertiary alicyclic amines) is 1. The predicted molar refractivity (Wildman–Crippen MR) is 73.0 cm³/mol. The van der Waals surface area contributed by atoms with Crippen LogP contribution in [0.3, 0.4) is 0 Å². The molecule has 3 rings (SSSR count). The normalized spacial score (nSPS) is 39.2. The van der Waals surface area contributed by atoms with Crippen LogP contribution < -0.4 is 0 Å². The van der Waals surface area contributed by atoms with E-state index in [-0.39, 0.29) is 24.4 Å². The molecule has 0 unspecified atom stereocenters. The number of ether oxygens (including phenoxy) is 1. The molecule has 2 aliphatic heterocycles. The Balaban J connectivity index is 1.54. The van der Waals surface area contributed by atoms with Gasteiger partial charge in [0.2, 0.25) is 0 Å². The fraction of sp³-hybridized carbons (Fsp3) is 1.00. The Labute approximate surface area is 115 Å². The summed E-state index contributed by atoms with van der Waals surface area (Å²) in [6.07, 6.45) is 9.53. The summed E-state index contributed by atoms with van der Waals surface area (Å²) in [5.74, 6) is 0. The molecule has 4 heteroatoms. The lowest BCUT2D eigenvalue weighted by Crippen LogP contribution is -2.40. The molecule has 2 N–H and O–H groups in total. The van der Waals surface area contributed by atoms with Gasteiger partial charge in [0, 0.05) is 19.1 Å². The van der Waals surface area contributed by atoms with Crippen molar-refractivity contribution in [1.82, 2.24) is 4.90 Å². The molecule has 0 bridgehead atoms. The van der Waals surface area contributed by atoms with Gasteiger partial charge >= 0.3 is 0 Å². The number of nitrogens with zero attached hydrogens (tertiary/aromatic N) is 1. The molecule has 19 heavy (non-hydrogen) atoms. The van der Waals surface area contributed by atoms with Gasteiger partial charge in [0.1, 0.15) is 0 Å². The summed E-state index contributed by atoms with van der Waals surface area (Å²) in [6, 6.07) is 0.126. The first-order valence-electron chi connectivity index (χ1n) is 7.92. The third-order valence-electron chi connectivity index (χ3n) is 5.26. The summed E-state index contributed by atoms with van der Waals surface area (Å²) < 4.78 is 6.37. The summed E-state index contributed by atoms with van der Waals surface area (Å²) in [4.78, 5) is 2.22. The van der Waals surface area contributed by atoms with E-state index in [4.69, 9.17) is 4.74 Å². The van der Waals surface area contributed by atoms with Crippen LogP contribution in [0.25, 0.3) is 0 Å². The first-order chi connectivity index (χ1) is 9.21.